The number of rotatable bonds is 5. The number of primary amides is 1. The van der Waals surface area contributed by atoms with Crippen molar-refractivity contribution in [1.29, 1.82) is 0 Å². The number of aromatic nitrogens is 2. The van der Waals surface area contributed by atoms with Crippen LogP contribution in [0.3, 0.4) is 0 Å². The van der Waals surface area contributed by atoms with E-state index >= 15 is 0 Å². The second kappa shape index (κ2) is 6.19. The van der Waals surface area contributed by atoms with Gasteiger partial charge in [-0.2, -0.15) is 4.98 Å². The van der Waals surface area contributed by atoms with Gasteiger partial charge in [-0.3, -0.25) is 4.79 Å². The minimum atomic E-state index is -0.542. The first-order chi connectivity index (χ1) is 13.5. The first-order valence-corrected chi connectivity index (χ1v) is 9.24. The van der Waals surface area contributed by atoms with E-state index in [4.69, 9.17) is 14.9 Å². The number of fused-ring (bicyclic) bond motifs is 1. The van der Waals surface area contributed by atoms with E-state index in [2.05, 4.69) is 15.3 Å². The van der Waals surface area contributed by atoms with Gasteiger partial charge in [0.05, 0.1) is 0 Å². The maximum atomic E-state index is 13.7. The minimum absolute atomic E-state index is 0.0346. The van der Waals surface area contributed by atoms with Crippen molar-refractivity contribution in [2.24, 2.45) is 11.1 Å². The lowest BCUT2D eigenvalue weighted by Gasteiger charge is -2.57. The Bertz CT molecular complexity index is 1050. The van der Waals surface area contributed by atoms with Gasteiger partial charge in [0.1, 0.15) is 17.2 Å². The molecule has 0 bridgehead atoms. The van der Waals surface area contributed by atoms with Gasteiger partial charge in [0, 0.05) is 12.2 Å². The molecule has 1 aromatic carbocycles. The zero-order valence-electron chi connectivity index (χ0n) is 15.0. The summed E-state index contributed by atoms with van der Waals surface area (Å²) in [6, 6.07) is 8.54. The number of para-hydroxylation sites is 1. The second-order valence-corrected chi connectivity index (χ2v) is 7.72. The Labute approximate surface area is 160 Å². The molecule has 1 spiro atoms. The van der Waals surface area contributed by atoms with Gasteiger partial charge in [-0.25, -0.2) is 9.37 Å². The number of hydrogen-bond acceptors (Lipinski definition) is 6. The summed E-state index contributed by atoms with van der Waals surface area (Å²) in [5.41, 5.74) is 6.59. The first kappa shape index (κ1) is 17.0. The molecular formula is C20H19FN4O3. The van der Waals surface area contributed by atoms with Gasteiger partial charge in [0.2, 0.25) is 5.88 Å². The predicted octanol–water partition coefficient (Wildman–Crippen LogP) is 3.26. The van der Waals surface area contributed by atoms with Crippen molar-refractivity contribution in [2.45, 2.75) is 37.8 Å². The molecule has 7 nitrogen and oxygen atoms in total. The highest BCUT2D eigenvalue weighted by Gasteiger charge is 2.54. The van der Waals surface area contributed by atoms with E-state index in [9.17, 15) is 9.18 Å². The molecule has 28 heavy (non-hydrogen) atoms. The summed E-state index contributed by atoms with van der Waals surface area (Å²) in [5, 5.41) is 3.25. The van der Waals surface area contributed by atoms with Crippen molar-refractivity contribution in [3.63, 3.8) is 0 Å². The Morgan fingerprint density at radius 1 is 1.25 bits per heavy atom. The fraction of sp³-hybridized carbons (Fsp3) is 0.350. The number of benzene rings is 1. The number of anilines is 1. The zero-order chi connectivity index (χ0) is 19.3. The smallest absolute Gasteiger partial charge is 0.296 e. The molecule has 8 heteroatoms. The van der Waals surface area contributed by atoms with E-state index in [0.717, 1.165) is 25.7 Å². The average Bonchev–Trinajstić information content (AvgIpc) is 3.02. The maximum Gasteiger partial charge on any atom is 0.296 e. The Balaban J connectivity index is 1.16. The summed E-state index contributed by atoms with van der Waals surface area (Å²) in [4.78, 5) is 19.8. The Kier molecular flexibility index (Phi) is 3.75. The number of amides is 1. The van der Waals surface area contributed by atoms with Crippen molar-refractivity contribution in [1.82, 2.24) is 9.97 Å². The minimum Gasteiger partial charge on any atom is -0.474 e. The standard InChI is InChI=1S/C20H19FN4O3/c21-14-4-1-5-15-16(14)25-19(28-15)24-11-7-20(8-11)9-12(10-20)27-18-13(17(22)26)3-2-6-23-18/h1-6,11-12H,7-10H2,(H2,22,26)(H,24,25). The summed E-state index contributed by atoms with van der Waals surface area (Å²) in [6.07, 6.45) is 5.37. The largest absolute Gasteiger partial charge is 0.474 e. The van der Waals surface area contributed by atoms with E-state index in [1.54, 1.807) is 30.5 Å². The van der Waals surface area contributed by atoms with Crippen LogP contribution in [0.1, 0.15) is 36.0 Å². The molecule has 2 fully saturated rings. The van der Waals surface area contributed by atoms with Gasteiger partial charge in [-0.05, 0) is 55.4 Å². The molecule has 3 N–H and O–H groups in total. The molecule has 0 saturated heterocycles. The van der Waals surface area contributed by atoms with Gasteiger partial charge in [-0.1, -0.05) is 6.07 Å². The first-order valence-electron chi connectivity index (χ1n) is 9.24. The molecule has 2 aliphatic rings. The third-order valence-electron chi connectivity index (χ3n) is 5.69. The number of halogens is 1. The number of carbonyl (C=O) groups excluding carboxylic acids is 1. The number of carbonyl (C=O) groups is 1. The molecule has 3 aromatic rings. The fourth-order valence-electron chi connectivity index (χ4n) is 4.39. The summed E-state index contributed by atoms with van der Waals surface area (Å²) in [7, 11) is 0. The number of nitrogens with one attached hydrogen (secondary N) is 1. The van der Waals surface area contributed by atoms with Crippen LogP contribution in [0, 0.1) is 11.2 Å². The third kappa shape index (κ3) is 2.85. The molecule has 5 rings (SSSR count). The molecule has 2 aromatic heterocycles. The van der Waals surface area contributed by atoms with Crippen molar-refractivity contribution in [3.05, 3.63) is 47.9 Å². The van der Waals surface area contributed by atoms with Gasteiger partial charge < -0.3 is 20.2 Å². The third-order valence-corrected chi connectivity index (χ3v) is 5.69. The van der Waals surface area contributed by atoms with Crippen LogP contribution < -0.4 is 15.8 Å². The fourth-order valence-corrected chi connectivity index (χ4v) is 4.39. The molecular weight excluding hydrogens is 363 g/mol. The normalized spacial score (nSPS) is 25.9. The van der Waals surface area contributed by atoms with Crippen LogP contribution in [0.5, 0.6) is 5.88 Å². The maximum absolute atomic E-state index is 13.7. The van der Waals surface area contributed by atoms with Crippen LogP contribution in [-0.2, 0) is 0 Å². The molecule has 2 heterocycles. The topological polar surface area (TPSA) is 103 Å². The lowest BCUT2D eigenvalue weighted by atomic mass is 9.53. The molecule has 144 valence electrons. The summed E-state index contributed by atoms with van der Waals surface area (Å²) in [6.45, 7) is 0. The van der Waals surface area contributed by atoms with Gasteiger partial charge in [0.25, 0.3) is 11.9 Å². The summed E-state index contributed by atoms with van der Waals surface area (Å²) < 4.78 is 25.2. The second-order valence-electron chi connectivity index (χ2n) is 7.72. The van der Waals surface area contributed by atoms with E-state index in [0.29, 0.717) is 23.0 Å². The van der Waals surface area contributed by atoms with Crippen LogP contribution in [0.4, 0.5) is 10.4 Å². The highest BCUT2D eigenvalue weighted by molar-refractivity contribution is 5.94. The molecule has 0 aliphatic heterocycles. The lowest BCUT2D eigenvalue weighted by molar-refractivity contribution is -0.0762. The number of pyridine rings is 1. The van der Waals surface area contributed by atoms with E-state index in [-0.39, 0.29) is 28.9 Å². The Morgan fingerprint density at radius 2 is 2.07 bits per heavy atom. The van der Waals surface area contributed by atoms with Crippen molar-refractivity contribution < 1.29 is 18.3 Å². The van der Waals surface area contributed by atoms with Crippen LogP contribution in [-0.4, -0.2) is 28.0 Å². The predicted molar refractivity (Wildman–Crippen MR) is 99.4 cm³/mol. The number of oxazole rings is 1. The molecule has 2 saturated carbocycles. The monoisotopic (exact) mass is 382 g/mol. The van der Waals surface area contributed by atoms with Crippen molar-refractivity contribution >= 4 is 23.0 Å². The number of nitrogens with zero attached hydrogens (tertiary/aromatic N) is 2. The summed E-state index contributed by atoms with van der Waals surface area (Å²) in [5.74, 6) is -0.625. The van der Waals surface area contributed by atoms with Crippen LogP contribution in [0.25, 0.3) is 11.1 Å². The summed E-state index contributed by atoms with van der Waals surface area (Å²) >= 11 is 0. The van der Waals surface area contributed by atoms with Gasteiger partial charge >= 0.3 is 0 Å². The SMILES string of the molecule is NC(=O)c1cccnc1OC1CC2(CC(Nc3nc4c(F)cccc4o3)C2)C1. The highest BCUT2D eigenvalue weighted by Crippen LogP contribution is 2.57. The Morgan fingerprint density at radius 3 is 2.82 bits per heavy atom. The average molecular weight is 382 g/mol. The van der Waals surface area contributed by atoms with E-state index in [1.807, 2.05) is 0 Å². The lowest BCUT2D eigenvalue weighted by Crippen LogP contribution is -2.56. The zero-order valence-corrected chi connectivity index (χ0v) is 15.0. The van der Waals surface area contributed by atoms with Crippen LogP contribution >= 0.6 is 0 Å². The van der Waals surface area contributed by atoms with Crippen LogP contribution in [0.15, 0.2) is 40.9 Å². The van der Waals surface area contributed by atoms with Crippen LogP contribution in [0.2, 0.25) is 0 Å². The van der Waals surface area contributed by atoms with Crippen molar-refractivity contribution in [2.75, 3.05) is 5.32 Å². The molecule has 0 radical (unpaired) electrons. The molecule has 2 aliphatic carbocycles. The number of ether oxygens (including phenoxy) is 1. The number of hydrogen-bond donors (Lipinski definition) is 2. The van der Waals surface area contributed by atoms with Crippen molar-refractivity contribution in [3.8, 4) is 5.88 Å². The number of nitrogens with two attached hydrogens (primary N) is 1. The van der Waals surface area contributed by atoms with E-state index in [1.165, 1.54) is 6.07 Å². The molecule has 0 atom stereocenters. The molecule has 1 amide bonds. The molecule has 0 unspecified atom stereocenters. The highest BCUT2D eigenvalue weighted by atomic mass is 19.1. The Hall–Kier alpha value is -3.16. The quantitative estimate of drug-likeness (QED) is 0.702. The van der Waals surface area contributed by atoms with Gasteiger partial charge in [-0.15, -0.1) is 0 Å². The van der Waals surface area contributed by atoms with Gasteiger partial charge in [0.15, 0.2) is 11.4 Å². The van der Waals surface area contributed by atoms with E-state index < -0.39 is 5.91 Å².